The zero-order chi connectivity index (χ0) is 21.6. The number of nitrogens with one attached hydrogen (secondary N) is 3. The highest BCUT2D eigenvalue weighted by Crippen LogP contribution is 2.38. The first-order valence-electron chi connectivity index (χ1n) is 10.6. The summed E-state index contributed by atoms with van der Waals surface area (Å²) in [6.45, 7) is 1.62. The van der Waals surface area contributed by atoms with Crippen LogP contribution in [0.2, 0.25) is 0 Å². The Morgan fingerprint density at radius 1 is 1.19 bits per heavy atom. The number of H-pyrrole nitrogens is 1. The summed E-state index contributed by atoms with van der Waals surface area (Å²) in [7, 11) is 0. The molecule has 7 nitrogen and oxygen atoms in total. The number of piperidine rings is 1. The van der Waals surface area contributed by atoms with Crippen LogP contribution >= 0.6 is 0 Å². The summed E-state index contributed by atoms with van der Waals surface area (Å²) >= 11 is 0. The third kappa shape index (κ3) is 3.69. The number of rotatable bonds is 4. The highest BCUT2D eigenvalue weighted by atomic mass is 19.4. The molecule has 1 atom stereocenters. The quantitative estimate of drug-likeness (QED) is 0.585. The first-order valence-corrected chi connectivity index (χ1v) is 10.6. The number of pyridine rings is 1. The minimum atomic E-state index is -4.62. The lowest BCUT2D eigenvalue weighted by Crippen LogP contribution is -2.38. The minimum Gasteiger partial charge on any atom is -0.356 e. The van der Waals surface area contributed by atoms with Gasteiger partial charge in [-0.25, -0.2) is 9.97 Å². The first kappa shape index (κ1) is 20.0. The van der Waals surface area contributed by atoms with E-state index in [1.54, 1.807) is 16.8 Å². The van der Waals surface area contributed by atoms with Gasteiger partial charge in [-0.05, 0) is 44.7 Å². The molecule has 0 amide bonds. The summed E-state index contributed by atoms with van der Waals surface area (Å²) in [5.74, 6) is 0.147. The van der Waals surface area contributed by atoms with Crippen LogP contribution in [0.1, 0.15) is 43.7 Å². The number of nitrogens with zero attached hydrogens (tertiary/aromatic N) is 3. The Balaban J connectivity index is 1.58. The lowest BCUT2D eigenvalue weighted by molar-refractivity contribution is -0.137. The molecule has 3 aromatic heterocycles. The number of aromatic nitrogens is 4. The summed E-state index contributed by atoms with van der Waals surface area (Å²) in [5, 5.41) is 6.81. The molecular formula is C21H23F3N6O. The van der Waals surface area contributed by atoms with Crippen molar-refractivity contribution in [1.82, 2.24) is 24.8 Å². The van der Waals surface area contributed by atoms with Gasteiger partial charge in [0.2, 0.25) is 5.95 Å². The summed E-state index contributed by atoms with van der Waals surface area (Å²) in [4.78, 5) is 23.9. The predicted octanol–water partition coefficient (Wildman–Crippen LogP) is 3.69. The summed E-state index contributed by atoms with van der Waals surface area (Å²) in [6.07, 6.45) is 4.12. The predicted molar refractivity (Wildman–Crippen MR) is 111 cm³/mol. The lowest BCUT2D eigenvalue weighted by Gasteiger charge is -2.27. The van der Waals surface area contributed by atoms with Gasteiger partial charge in [0.1, 0.15) is 11.1 Å². The van der Waals surface area contributed by atoms with Gasteiger partial charge in [0, 0.05) is 48.2 Å². The number of aromatic amines is 1. The summed E-state index contributed by atoms with van der Waals surface area (Å²) in [5.41, 5.74) is -0.845. The van der Waals surface area contributed by atoms with Gasteiger partial charge in [0.25, 0.3) is 5.56 Å². The van der Waals surface area contributed by atoms with Crippen LogP contribution < -0.4 is 16.2 Å². The Bertz CT molecular complexity index is 1160. The lowest BCUT2D eigenvalue weighted by atomic mass is 9.92. The molecule has 0 bridgehead atoms. The van der Waals surface area contributed by atoms with E-state index in [-0.39, 0.29) is 34.8 Å². The van der Waals surface area contributed by atoms with Crippen LogP contribution in [0.3, 0.4) is 0 Å². The second kappa shape index (κ2) is 7.67. The fourth-order valence-corrected chi connectivity index (χ4v) is 4.31. The van der Waals surface area contributed by atoms with Crippen molar-refractivity contribution in [2.75, 3.05) is 18.4 Å². The van der Waals surface area contributed by atoms with E-state index < -0.39 is 11.7 Å². The third-order valence-corrected chi connectivity index (χ3v) is 6.22. The van der Waals surface area contributed by atoms with E-state index >= 15 is 0 Å². The minimum absolute atomic E-state index is 0.0518. The standard InChI is InChI=1S/C21H23F3N6O/c22-21(23,24)16-11-27-20(28-12-3-2-7-25-9-12)29-17(16)15-10-26-18-14(15)6-8-30(19(18)31)13-4-1-5-13/h6,8,10-13,25-26H,1-5,7,9H2,(H,27,28,29). The fourth-order valence-electron chi connectivity index (χ4n) is 4.31. The molecule has 2 fully saturated rings. The van der Waals surface area contributed by atoms with Gasteiger partial charge in [0.05, 0.1) is 5.69 Å². The van der Waals surface area contributed by atoms with Crippen molar-refractivity contribution in [3.05, 3.63) is 40.6 Å². The van der Waals surface area contributed by atoms with E-state index in [0.717, 1.165) is 44.8 Å². The highest BCUT2D eigenvalue weighted by molar-refractivity contribution is 5.95. The number of hydrogen-bond donors (Lipinski definition) is 3. The molecule has 0 aromatic carbocycles. The Morgan fingerprint density at radius 3 is 2.71 bits per heavy atom. The second-order valence-corrected chi connectivity index (χ2v) is 8.25. The van der Waals surface area contributed by atoms with Crippen molar-refractivity contribution in [3.63, 3.8) is 0 Å². The van der Waals surface area contributed by atoms with E-state index in [9.17, 15) is 18.0 Å². The summed E-state index contributed by atoms with van der Waals surface area (Å²) < 4.78 is 42.9. The molecule has 2 aliphatic rings. The second-order valence-electron chi connectivity index (χ2n) is 8.25. The Hall–Kier alpha value is -2.88. The van der Waals surface area contributed by atoms with Crippen LogP contribution in [-0.2, 0) is 6.18 Å². The van der Waals surface area contributed by atoms with Crippen LogP contribution in [0.4, 0.5) is 19.1 Å². The number of halogens is 3. The average molecular weight is 432 g/mol. The molecule has 164 valence electrons. The summed E-state index contributed by atoms with van der Waals surface area (Å²) in [6, 6.07) is 1.91. The maximum atomic E-state index is 13.7. The third-order valence-electron chi connectivity index (χ3n) is 6.22. The molecule has 5 rings (SSSR count). The maximum Gasteiger partial charge on any atom is 0.419 e. The topological polar surface area (TPSA) is 87.6 Å². The van der Waals surface area contributed by atoms with Crippen LogP contribution in [0.15, 0.2) is 29.5 Å². The monoisotopic (exact) mass is 432 g/mol. The van der Waals surface area contributed by atoms with E-state index in [4.69, 9.17) is 0 Å². The number of fused-ring (bicyclic) bond motifs is 1. The largest absolute Gasteiger partial charge is 0.419 e. The van der Waals surface area contributed by atoms with E-state index in [1.165, 1.54) is 6.20 Å². The Labute approximate surface area is 176 Å². The van der Waals surface area contributed by atoms with Crippen molar-refractivity contribution in [2.45, 2.75) is 50.4 Å². The number of alkyl halides is 3. The average Bonchev–Trinajstić information content (AvgIpc) is 3.13. The Morgan fingerprint density at radius 2 is 2.03 bits per heavy atom. The van der Waals surface area contributed by atoms with E-state index in [1.807, 2.05) is 0 Å². The van der Waals surface area contributed by atoms with Crippen molar-refractivity contribution in [3.8, 4) is 11.3 Å². The SMILES string of the molecule is O=c1c2[nH]cc(-c3nc(NC4CCCNC4)ncc3C(F)(F)F)c2ccn1C1CCC1. The van der Waals surface area contributed by atoms with Gasteiger partial charge in [-0.2, -0.15) is 13.2 Å². The molecule has 31 heavy (non-hydrogen) atoms. The molecule has 1 saturated carbocycles. The molecule has 3 aromatic rings. The van der Waals surface area contributed by atoms with Gasteiger partial charge >= 0.3 is 6.18 Å². The van der Waals surface area contributed by atoms with E-state index in [2.05, 4.69) is 25.6 Å². The van der Waals surface area contributed by atoms with Gasteiger partial charge in [-0.3, -0.25) is 4.79 Å². The molecule has 1 unspecified atom stereocenters. The maximum absolute atomic E-state index is 13.7. The van der Waals surface area contributed by atoms with Crippen molar-refractivity contribution in [1.29, 1.82) is 0 Å². The molecule has 10 heteroatoms. The zero-order valence-corrected chi connectivity index (χ0v) is 16.8. The van der Waals surface area contributed by atoms with Gasteiger partial charge in [-0.15, -0.1) is 0 Å². The first-order chi connectivity index (χ1) is 14.9. The van der Waals surface area contributed by atoms with Crippen molar-refractivity contribution in [2.24, 2.45) is 0 Å². The number of hydrogen-bond acceptors (Lipinski definition) is 5. The molecule has 4 heterocycles. The van der Waals surface area contributed by atoms with Gasteiger partial charge in [0.15, 0.2) is 0 Å². The van der Waals surface area contributed by atoms with Crippen LogP contribution in [-0.4, -0.2) is 38.7 Å². The van der Waals surface area contributed by atoms with E-state index in [0.29, 0.717) is 17.4 Å². The smallest absolute Gasteiger partial charge is 0.356 e. The highest BCUT2D eigenvalue weighted by Gasteiger charge is 2.36. The molecule has 0 spiro atoms. The molecule has 1 aliphatic heterocycles. The van der Waals surface area contributed by atoms with Gasteiger partial charge < -0.3 is 20.2 Å². The fraction of sp³-hybridized carbons (Fsp3) is 0.476. The normalized spacial score (nSPS) is 20.0. The molecule has 1 aliphatic carbocycles. The zero-order valence-electron chi connectivity index (χ0n) is 16.8. The van der Waals surface area contributed by atoms with Crippen LogP contribution in [0.25, 0.3) is 22.2 Å². The van der Waals surface area contributed by atoms with Crippen LogP contribution in [0.5, 0.6) is 0 Å². The molecular weight excluding hydrogens is 409 g/mol. The van der Waals surface area contributed by atoms with Gasteiger partial charge in [-0.1, -0.05) is 0 Å². The van der Waals surface area contributed by atoms with Crippen LogP contribution in [0, 0.1) is 0 Å². The Kier molecular flexibility index (Phi) is 4.96. The molecule has 0 radical (unpaired) electrons. The molecule has 3 N–H and O–H groups in total. The van der Waals surface area contributed by atoms with Crippen molar-refractivity contribution < 1.29 is 13.2 Å². The number of anilines is 1. The molecule has 1 saturated heterocycles. The van der Waals surface area contributed by atoms with Crippen molar-refractivity contribution >= 4 is 16.9 Å².